The van der Waals surface area contributed by atoms with Gasteiger partial charge in [0, 0.05) is 24.4 Å². The molecule has 2 aromatic carbocycles. The van der Waals surface area contributed by atoms with Crippen LogP contribution >= 0.6 is 0 Å². The molecule has 0 spiro atoms. The molecule has 0 saturated carbocycles. The van der Waals surface area contributed by atoms with Crippen LogP contribution in [-0.2, 0) is 0 Å². The van der Waals surface area contributed by atoms with Gasteiger partial charge in [-0.1, -0.05) is 37.3 Å². The number of ether oxygens (including phenoxy) is 1. The number of methoxy groups -OCH3 is 1. The fourth-order valence-corrected chi connectivity index (χ4v) is 2.41. The van der Waals surface area contributed by atoms with E-state index in [4.69, 9.17) is 9.84 Å². The van der Waals surface area contributed by atoms with Gasteiger partial charge in [0.2, 0.25) is 0 Å². The Morgan fingerprint density at radius 3 is 2.75 bits per heavy atom. The summed E-state index contributed by atoms with van der Waals surface area (Å²) in [5, 5.41) is 14.5. The Hall–Kier alpha value is -2.53. The molecule has 0 bridgehead atoms. The van der Waals surface area contributed by atoms with E-state index in [0.717, 1.165) is 16.9 Å². The first-order chi connectivity index (χ1) is 11.6. The predicted octanol–water partition coefficient (Wildman–Crippen LogP) is 3.50. The molecule has 2 rings (SSSR count). The minimum Gasteiger partial charge on any atom is -0.496 e. The summed E-state index contributed by atoms with van der Waals surface area (Å²) in [5.74, 6) is 1.03. The lowest BCUT2D eigenvalue weighted by molar-refractivity contribution is 0.243. The Morgan fingerprint density at radius 1 is 1.21 bits per heavy atom. The van der Waals surface area contributed by atoms with Gasteiger partial charge < -0.3 is 20.5 Å². The Labute approximate surface area is 142 Å². The number of hydrogen-bond acceptors (Lipinski definition) is 3. The molecule has 0 saturated heterocycles. The molecule has 0 unspecified atom stereocenters. The van der Waals surface area contributed by atoms with Crippen molar-refractivity contribution < 1.29 is 14.6 Å². The van der Waals surface area contributed by atoms with Gasteiger partial charge >= 0.3 is 6.03 Å². The van der Waals surface area contributed by atoms with E-state index in [0.29, 0.717) is 18.7 Å². The maximum Gasteiger partial charge on any atom is 0.319 e. The summed E-state index contributed by atoms with van der Waals surface area (Å²) in [6.45, 7) is 2.64. The second-order valence-electron chi connectivity index (χ2n) is 5.73. The molecular formula is C19H24N2O3. The van der Waals surface area contributed by atoms with Crippen molar-refractivity contribution in [1.29, 1.82) is 0 Å². The largest absolute Gasteiger partial charge is 0.496 e. The van der Waals surface area contributed by atoms with Crippen molar-refractivity contribution in [3.8, 4) is 16.9 Å². The Kier molecular flexibility index (Phi) is 6.63. The zero-order chi connectivity index (χ0) is 17.4. The third kappa shape index (κ3) is 4.99. The molecule has 3 N–H and O–H groups in total. The fourth-order valence-electron chi connectivity index (χ4n) is 2.41. The summed E-state index contributed by atoms with van der Waals surface area (Å²) >= 11 is 0. The van der Waals surface area contributed by atoms with Crippen LogP contribution in [-0.4, -0.2) is 31.4 Å². The maximum atomic E-state index is 12.0. The first-order valence-electron chi connectivity index (χ1n) is 8.03. The van der Waals surface area contributed by atoms with Gasteiger partial charge in [-0.15, -0.1) is 0 Å². The minimum atomic E-state index is -0.253. The van der Waals surface area contributed by atoms with Gasteiger partial charge in [0.05, 0.1) is 7.11 Å². The quantitative estimate of drug-likeness (QED) is 0.728. The van der Waals surface area contributed by atoms with Crippen molar-refractivity contribution in [2.75, 3.05) is 25.6 Å². The molecule has 5 heteroatoms. The average molecular weight is 328 g/mol. The number of nitrogens with one attached hydrogen (secondary N) is 2. The van der Waals surface area contributed by atoms with Crippen molar-refractivity contribution in [1.82, 2.24) is 5.32 Å². The molecule has 0 aliphatic heterocycles. The Balaban J connectivity index is 2.04. The maximum absolute atomic E-state index is 12.0. The van der Waals surface area contributed by atoms with Crippen LogP contribution in [0, 0.1) is 5.92 Å². The predicted molar refractivity (Wildman–Crippen MR) is 96.3 cm³/mol. The second kappa shape index (κ2) is 8.93. The summed E-state index contributed by atoms with van der Waals surface area (Å²) in [5.41, 5.74) is 2.66. The van der Waals surface area contributed by atoms with E-state index in [1.807, 2.05) is 55.5 Å². The minimum absolute atomic E-state index is 0.130. The summed E-state index contributed by atoms with van der Waals surface area (Å²) < 4.78 is 5.39. The van der Waals surface area contributed by atoms with Gasteiger partial charge in [-0.2, -0.15) is 0 Å². The third-order valence-corrected chi connectivity index (χ3v) is 3.77. The van der Waals surface area contributed by atoms with Gasteiger partial charge in [-0.05, 0) is 36.1 Å². The van der Waals surface area contributed by atoms with Gasteiger partial charge in [0.1, 0.15) is 5.75 Å². The Morgan fingerprint density at radius 2 is 2.00 bits per heavy atom. The van der Waals surface area contributed by atoms with E-state index in [-0.39, 0.29) is 18.6 Å². The van der Waals surface area contributed by atoms with Crippen molar-refractivity contribution in [2.45, 2.75) is 13.3 Å². The van der Waals surface area contributed by atoms with E-state index >= 15 is 0 Å². The summed E-state index contributed by atoms with van der Waals surface area (Å²) in [6, 6.07) is 15.1. The molecule has 0 aliphatic rings. The number of rotatable bonds is 7. The molecule has 1 atom stereocenters. The smallest absolute Gasteiger partial charge is 0.319 e. The molecular weight excluding hydrogens is 304 g/mol. The normalized spacial score (nSPS) is 11.6. The van der Waals surface area contributed by atoms with Crippen molar-refractivity contribution in [3.05, 3.63) is 48.5 Å². The number of para-hydroxylation sites is 1. The lowest BCUT2D eigenvalue weighted by Crippen LogP contribution is -2.32. The number of urea groups is 1. The number of aliphatic hydroxyl groups is 1. The average Bonchev–Trinajstić information content (AvgIpc) is 2.60. The van der Waals surface area contributed by atoms with Crippen LogP contribution in [0.4, 0.5) is 10.5 Å². The molecule has 0 heterocycles. The number of carbonyl (C=O) groups is 1. The van der Waals surface area contributed by atoms with E-state index in [1.54, 1.807) is 7.11 Å². The summed E-state index contributed by atoms with van der Waals surface area (Å²) in [7, 11) is 1.64. The SMILES string of the molecule is COc1ccccc1-c1cccc(NC(=O)NC[C@H](C)CCO)c1. The molecule has 128 valence electrons. The number of hydrogen-bond donors (Lipinski definition) is 3. The molecule has 24 heavy (non-hydrogen) atoms. The first-order valence-corrected chi connectivity index (χ1v) is 8.03. The van der Waals surface area contributed by atoms with E-state index < -0.39 is 0 Å². The highest BCUT2D eigenvalue weighted by molar-refractivity contribution is 5.90. The van der Waals surface area contributed by atoms with Crippen LogP contribution in [0.25, 0.3) is 11.1 Å². The lowest BCUT2D eigenvalue weighted by atomic mass is 10.0. The van der Waals surface area contributed by atoms with Crippen LogP contribution in [0.5, 0.6) is 5.75 Å². The van der Waals surface area contributed by atoms with E-state index in [1.165, 1.54) is 0 Å². The van der Waals surface area contributed by atoms with E-state index in [2.05, 4.69) is 10.6 Å². The van der Waals surface area contributed by atoms with Gasteiger partial charge in [-0.3, -0.25) is 0 Å². The van der Waals surface area contributed by atoms with Gasteiger partial charge in [0.25, 0.3) is 0 Å². The topological polar surface area (TPSA) is 70.6 Å². The lowest BCUT2D eigenvalue weighted by Gasteiger charge is -2.13. The molecule has 2 amide bonds. The molecule has 0 aromatic heterocycles. The zero-order valence-corrected chi connectivity index (χ0v) is 14.1. The van der Waals surface area contributed by atoms with Crippen LogP contribution < -0.4 is 15.4 Å². The number of carbonyl (C=O) groups excluding carboxylic acids is 1. The first kappa shape index (κ1) is 17.8. The highest BCUT2D eigenvalue weighted by atomic mass is 16.5. The molecule has 2 aromatic rings. The molecule has 5 nitrogen and oxygen atoms in total. The summed E-state index contributed by atoms with van der Waals surface area (Å²) in [6.07, 6.45) is 0.670. The number of anilines is 1. The third-order valence-electron chi connectivity index (χ3n) is 3.77. The number of amides is 2. The van der Waals surface area contributed by atoms with Crippen LogP contribution in [0.15, 0.2) is 48.5 Å². The zero-order valence-electron chi connectivity index (χ0n) is 14.1. The highest BCUT2D eigenvalue weighted by Crippen LogP contribution is 2.30. The standard InChI is InChI=1S/C19H24N2O3/c1-14(10-11-22)13-20-19(23)21-16-7-5-6-15(12-16)17-8-3-4-9-18(17)24-2/h3-9,12,14,22H,10-11,13H2,1-2H3,(H2,20,21,23)/t14-/m1/s1. The van der Waals surface area contributed by atoms with Gasteiger partial charge in [-0.25, -0.2) is 4.79 Å². The summed E-state index contributed by atoms with van der Waals surface area (Å²) in [4.78, 5) is 12.0. The van der Waals surface area contributed by atoms with Crippen LogP contribution in [0.2, 0.25) is 0 Å². The number of benzene rings is 2. The molecule has 0 fully saturated rings. The van der Waals surface area contributed by atoms with Crippen molar-refractivity contribution in [2.24, 2.45) is 5.92 Å². The monoisotopic (exact) mass is 328 g/mol. The molecule has 0 aliphatic carbocycles. The fraction of sp³-hybridized carbons (Fsp3) is 0.316. The van der Waals surface area contributed by atoms with Crippen molar-refractivity contribution in [3.63, 3.8) is 0 Å². The van der Waals surface area contributed by atoms with Gasteiger partial charge in [0.15, 0.2) is 0 Å². The van der Waals surface area contributed by atoms with Crippen LogP contribution in [0.1, 0.15) is 13.3 Å². The highest BCUT2D eigenvalue weighted by Gasteiger charge is 2.08. The molecule has 0 radical (unpaired) electrons. The van der Waals surface area contributed by atoms with E-state index in [9.17, 15) is 4.79 Å². The second-order valence-corrected chi connectivity index (χ2v) is 5.73. The van der Waals surface area contributed by atoms with Crippen molar-refractivity contribution >= 4 is 11.7 Å². The van der Waals surface area contributed by atoms with Crippen LogP contribution in [0.3, 0.4) is 0 Å². The Bertz CT molecular complexity index is 673. The number of aliphatic hydroxyl groups excluding tert-OH is 1.